The van der Waals surface area contributed by atoms with Crippen LogP contribution in [0.3, 0.4) is 0 Å². The summed E-state index contributed by atoms with van der Waals surface area (Å²) in [7, 11) is 0. The van der Waals surface area contributed by atoms with Gasteiger partial charge in [0.15, 0.2) is 0 Å². The lowest BCUT2D eigenvalue weighted by Gasteiger charge is -2.12. The first-order valence-electron chi connectivity index (χ1n) is 7.17. The van der Waals surface area contributed by atoms with Gasteiger partial charge >= 0.3 is 5.97 Å². The molecule has 0 radical (unpaired) electrons. The van der Waals surface area contributed by atoms with Crippen molar-refractivity contribution in [3.8, 4) is 0 Å². The number of carbonyl (C=O) groups excluding carboxylic acids is 1. The molecule has 0 saturated carbocycles. The van der Waals surface area contributed by atoms with Crippen molar-refractivity contribution in [1.82, 2.24) is 15.5 Å². The van der Waals surface area contributed by atoms with E-state index in [0.717, 1.165) is 15.6 Å². The Morgan fingerprint density at radius 3 is 2.35 bits per heavy atom. The van der Waals surface area contributed by atoms with Gasteiger partial charge in [0, 0.05) is 5.41 Å². The summed E-state index contributed by atoms with van der Waals surface area (Å²) in [5.41, 5.74) is 0.920. The van der Waals surface area contributed by atoms with Gasteiger partial charge in [0.25, 0.3) is 0 Å². The zero-order valence-corrected chi connectivity index (χ0v) is 14.1. The largest absolute Gasteiger partial charge is 0.478 e. The highest BCUT2D eigenvalue weighted by Gasteiger charge is 2.19. The van der Waals surface area contributed by atoms with Crippen molar-refractivity contribution in [3.63, 3.8) is 0 Å². The summed E-state index contributed by atoms with van der Waals surface area (Å²) in [6, 6.07) is 6.27. The molecule has 0 aliphatic rings. The molecule has 0 atom stereocenters. The zero-order valence-electron chi connectivity index (χ0n) is 13.3. The summed E-state index contributed by atoms with van der Waals surface area (Å²) in [4.78, 5) is 22.7. The van der Waals surface area contributed by atoms with Gasteiger partial charge in [-0.2, -0.15) is 0 Å². The minimum atomic E-state index is -0.980. The fourth-order valence-corrected chi connectivity index (χ4v) is 2.65. The van der Waals surface area contributed by atoms with Gasteiger partial charge in [-0.3, -0.25) is 4.79 Å². The van der Waals surface area contributed by atoms with Gasteiger partial charge in [-0.15, -0.1) is 10.2 Å². The monoisotopic (exact) mass is 333 g/mol. The van der Waals surface area contributed by atoms with Crippen LogP contribution >= 0.6 is 11.3 Å². The highest BCUT2D eigenvalue weighted by molar-refractivity contribution is 7.11. The molecular formula is C16H19N3O3S. The lowest BCUT2D eigenvalue weighted by atomic mass is 9.98. The molecule has 1 aromatic heterocycles. The second-order valence-corrected chi connectivity index (χ2v) is 7.27. The Morgan fingerprint density at radius 1 is 1.17 bits per heavy atom. The Morgan fingerprint density at radius 2 is 1.83 bits per heavy atom. The summed E-state index contributed by atoms with van der Waals surface area (Å²) in [5.74, 6) is -1.12. The maximum atomic E-state index is 11.9. The number of aromatic carboxylic acids is 1. The Kier molecular flexibility index (Phi) is 5.10. The number of carboxylic acid groups (broad SMARTS) is 1. The van der Waals surface area contributed by atoms with Gasteiger partial charge in [0.2, 0.25) is 5.91 Å². The van der Waals surface area contributed by atoms with Crippen LogP contribution in [0.25, 0.3) is 0 Å². The highest BCUT2D eigenvalue weighted by Crippen LogP contribution is 2.25. The smallest absolute Gasteiger partial charge is 0.335 e. The van der Waals surface area contributed by atoms with Crippen molar-refractivity contribution in [2.75, 3.05) is 0 Å². The van der Waals surface area contributed by atoms with E-state index in [9.17, 15) is 9.59 Å². The molecule has 0 fully saturated rings. The molecule has 0 aliphatic heterocycles. The van der Waals surface area contributed by atoms with Crippen LogP contribution in [0, 0.1) is 0 Å². The first-order chi connectivity index (χ1) is 10.8. The van der Waals surface area contributed by atoms with Crippen molar-refractivity contribution in [3.05, 3.63) is 45.4 Å². The quantitative estimate of drug-likeness (QED) is 0.876. The van der Waals surface area contributed by atoms with E-state index in [1.165, 1.54) is 23.5 Å². The number of rotatable bonds is 5. The predicted molar refractivity (Wildman–Crippen MR) is 87.6 cm³/mol. The van der Waals surface area contributed by atoms with Crippen LogP contribution in [-0.4, -0.2) is 27.2 Å². The number of hydrogen-bond acceptors (Lipinski definition) is 5. The van der Waals surface area contributed by atoms with Gasteiger partial charge in [0.1, 0.15) is 10.0 Å². The first-order valence-corrected chi connectivity index (χ1v) is 7.99. The number of carboxylic acids is 1. The van der Waals surface area contributed by atoms with E-state index in [0.29, 0.717) is 6.54 Å². The van der Waals surface area contributed by atoms with Crippen LogP contribution in [0.4, 0.5) is 0 Å². The second-order valence-electron chi connectivity index (χ2n) is 6.21. The van der Waals surface area contributed by atoms with Crippen LogP contribution in [0.2, 0.25) is 0 Å². The molecule has 0 bridgehead atoms. The number of carbonyl (C=O) groups is 2. The molecule has 6 nitrogen and oxygen atoms in total. The van der Waals surface area contributed by atoms with E-state index >= 15 is 0 Å². The highest BCUT2D eigenvalue weighted by atomic mass is 32.1. The van der Waals surface area contributed by atoms with Crippen molar-refractivity contribution in [1.29, 1.82) is 0 Å². The van der Waals surface area contributed by atoms with Gasteiger partial charge < -0.3 is 10.4 Å². The first kappa shape index (κ1) is 17.1. The molecule has 23 heavy (non-hydrogen) atoms. The van der Waals surface area contributed by atoms with E-state index in [-0.39, 0.29) is 23.3 Å². The maximum absolute atomic E-state index is 11.9. The van der Waals surface area contributed by atoms with Crippen LogP contribution < -0.4 is 5.32 Å². The standard InChI is InChI=1S/C16H19N3O3S/c1-16(2,3)15-19-18-13(23-15)9-17-12(20)8-10-4-6-11(7-5-10)14(21)22/h4-7H,8-9H2,1-3H3,(H,17,20)(H,21,22). The van der Waals surface area contributed by atoms with E-state index in [1.807, 2.05) is 0 Å². The molecule has 7 heteroatoms. The molecule has 1 aromatic carbocycles. The van der Waals surface area contributed by atoms with Gasteiger partial charge in [-0.25, -0.2) is 4.79 Å². The predicted octanol–water partition coefficient (Wildman–Crippen LogP) is 2.39. The Bertz CT molecular complexity index is 702. The second kappa shape index (κ2) is 6.87. The van der Waals surface area contributed by atoms with Gasteiger partial charge in [-0.1, -0.05) is 44.2 Å². The molecule has 1 heterocycles. The molecule has 0 spiro atoms. The van der Waals surface area contributed by atoms with Gasteiger partial charge in [0.05, 0.1) is 18.5 Å². The Balaban J connectivity index is 1.87. The van der Waals surface area contributed by atoms with Crippen LogP contribution in [0.15, 0.2) is 24.3 Å². The van der Waals surface area contributed by atoms with Crippen molar-refractivity contribution in [2.24, 2.45) is 0 Å². The van der Waals surface area contributed by atoms with E-state index in [2.05, 4.69) is 36.3 Å². The number of aromatic nitrogens is 2. The zero-order chi connectivity index (χ0) is 17.0. The summed E-state index contributed by atoms with van der Waals surface area (Å²) in [6.07, 6.45) is 0.199. The maximum Gasteiger partial charge on any atom is 0.335 e. The van der Waals surface area contributed by atoms with Crippen LogP contribution in [0.5, 0.6) is 0 Å². The van der Waals surface area contributed by atoms with E-state index < -0.39 is 5.97 Å². The lowest BCUT2D eigenvalue weighted by molar-refractivity contribution is -0.120. The van der Waals surface area contributed by atoms with E-state index in [1.54, 1.807) is 12.1 Å². The fourth-order valence-electron chi connectivity index (χ4n) is 1.82. The number of nitrogens with one attached hydrogen (secondary N) is 1. The summed E-state index contributed by atoms with van der Waals surface area (Å²) in [6.45, 7) is 6.55. The topological polar surface area (TPSA) is 92.2 Å². The average molecular weight is 333 g/mol. The van der Waals surface area contributed by atoms with Crippen LogP contribution in [0.1, 0.15) is 46.7 Å². The molecule has 0 unspecified atom stereocenters. The summed E-state index contributed by atoms with van der Waals surface area (Å²) < 4.78 is 0. The molecule has 0 saturated heterocycles. The average Bonchev–Trinajstić information content (AvgIpc) is 2.95. The molecule has 2 rings (SSSR count). The molecule has 0 aliphatic carbocycles. The van der Waals surface area contributed by atoms with Crippen molar-refractivity contribution < 1.29 is 14.7 Å². The molecule has 1 amide bonds. The number of hydrogen-bond donors (Lipinski definition) is 2. The minimum absolute atomic E-state index is 0.0498. The summed E-state index contributed by atoms with van der Waals surface area (Å²) in [5, 5.41) is 21.6. The lowest BCUT2D eigenvalue weighted by Crippen LogP contribution is -2.24. The SMILES string of the molecule is CC(C)(C)c1nnc(CNC(=O)Cc2ccc(C(=O)O)cc2)s1. The van der Waals surface area contributed by atoms with Crippen molar-refractivity contribution >= 4 is 23.2 Å². The number of benzene rings is 1. The third-order valence-corrected chi connectivity index (χ3v) is 4.46. The normalized spacial score (nSPS) is 11.3. The number of nitrogens with zero attached hydrogens (tertiary/aromatic N) is 2. The Labute approximate surface area is 138 Å². The summed E-state index contributed by atoms with van der Waals surface area (Å²) >= 11 is 1.49. The molecule has 2 N–H and O–H groups in total. The molecular weight excluding hydrogens is 314 g/mol. The third kappa shape index (κ3) is 4.85. The molecule has 2 aromatic rings. The Hall–Kier alpha value is -2.28. The van der Waals surface area contributed by atoms with Crippen molar-refractivity contribution in [2.45, 2.75) is 39.2 Å². The minimum Gasteiger partial charge on any atom is -0.478 e. The number of amides is 1. The van der Waals surface area contributed by atoms with E-state index in [4.69, 9.17) is 5.11 Å². The van der Waals surface area contributed by atoms with Crippen LogP contribution in [-0.2, 0) is 23.2 Å². The molecule has 122 valence electrons. The van der Waals surface area contributed by atoms with Gasteiger partial charge in [-0.05, 0) is 17.7 Å². The fraction of sp³-hybridized carbons (Fsp3) is 0.375. The third-order valence-electron chi connectivity index (χ3n) is 3.11.